The molecule has 5 nitrogen and oxygen atoms in total. The van der Waals surface area contributed by atoms with Gasteiger partial charge in [-0.15, -0.1) is 0 Å². The van der Waals surface area contributed by atoms with Gasteiger partial charge in [0, 0.05) is 23.9 Å². The van der Waals surface area contributed by atoms with Gasteiger partial charge in [-0.2, -0.15) is 0 Å². The summed E-state index contributed by atoms with van der Waals surface area (Å²) in [5, 5.41) is 2.78. The van der Waals surface area contributed by atoms with Crippen LogP contribution < -0.4 is 10.9 Å². The molecule has 0 fully saturated rings. The minimum atomic E-state index is -0.414. The van der Waals surface area contributed by atoms with Gasteiger partial charge in [0.2, 0.25) is 5.91 Å². The third kappa shape index (κ3) is 4.50. The zero-order chi connectivity index (χ0) is 17.5. The van der Waals surface area contributed by atoms with E-state index in [-0.39, 0.29) is 18.0 Å². The maximum Gasteiger partial charge on any atom is 0.254 e. The lowest BCUT2D eigenvalue weighted by Crippen LogP contribution is -2.34. The molecule has 2 rings (SSSR count). The number of unbranched alkanes of at least 4 members (excludes halogenated alkanes) is 1. The first-order chi connectivity index (χ1) is 11.5. The van der Waals surface area contributed by atoms with Crippen molar-refractivity contribution in [2.45, 2.75) is 39.7 Å². The Bertz CT molecular complexity index is 771. The molecule has 1 amide bonds. The highest BCUT2D eigenvalue weighted by Gasteiger charge is 2.14. The van der Waals surface area contributed by atoms with Crippen LogP contribution in [0.25, 0.3) is 11.4 Å². The third-order valence-electron chi connectivity index (χ3n) is 3.66. The van der Waals surface area contributed by atoms with Crippen LogP contribution in [0.4, 0.5) is 4.39 Å². The van der Waals surface area contributed by atoms with Crippen LogP contribution in [0.15, 0.2) is 35.1 Å². The maximum atomic E-state index is 13.5. The molecule has 0 aliphatic carbocycles. The fourth-order valence-electron chi connectivity index (χ4n) is 2.34. The second-order valence-electron chi connectivity index (χ2n) is 5.56. The van der Waals surface area contributed by atoms with E-state index in [2.05, 4.69) is 10.3 Å². The Morgan fingerprint density at radius 3 is 2.75 bits per heavy atom. The van der Waals surface area contributed by atoms with Crippen molar-refractivity contribution < 1.29 is 9.18 Å². The molecule has 1 aromatic carbocycles. The molecule has 0 atom stereocenters. The summed E-state index contributed by atoms with van der Waals surface area (Å²) in [6.07, 6.45) is 2.44. The summed E-state index contributed by atoms with van der Waals surface area (Å²) < 4.78 is 14.8. The highest BCUT2D eigenvalue weighted by atomic mass is 19.1. The number of nitrogens with one attached hydrogen (secondary N) is 1. The predicted octanol–water partition coefficient (Wildman–Crippen LogP) is 2.53. The molecular weight excluding hydrogens is 309 g/mol. The molecule has 0 spiro atoms. The van der Waals surface area contributed by atoms with Gasteiger partial charge in [0.15, 0.2) is 0 Å². The van der Waals surface area contributed by atoms with E-state index in [0.29, 0.717) is 30.0 Å². The van der Waals surface area contributed by atoms with Crippen LogP contribution in [0, 0.1) is 5.82 Å². The third-order valence-corrected chi connectivity index (χ3v) is 3.66. The van der Waals surface area contributed by atoms with E-state index in [1.807, 2.05) is 13.8 Å². The van der Waals surface area contributed by atoms with Gasteiger partial charge < -0.3 is 5.32 Å². The van der Waals surface area contributed by atoms with Crippen LogP contribution in [0.2, 0.25) is 0 Å². The van der Waals surface area contributed by atoms with Crippen LogP contribution >= 0.6 is 0 Å². The fraction of sp³-hybridized carbons (Fsp3) is 0.389. The zero-order valence-electron chi connectivity index (χ0n) is 14.0. The SMILES string of the molecule is CCCCNC(=O)Cn1c(-c2cccc(F)c2)nc(CC)cc1=O. The fourth-order valence-corrected chi connectivity index (χ4v) is 2.34. The molecule has 0 aliphatic heterocycles. The number of halogens is 1. The van der Waals surface area contributed by atoms with E-state index >= 15 is 0 Å². The van der Waals surface area contributed by atoms with Crippen molar-refractivity contribution >= 4 is 5.91 Å². The van der Waals surface area contributed by atoms with Crippen LogP contribution in [-0.2, 0) is 17.8 Å². The number of amides is 1. The van der Waals surface area contributed by atoms with Gasteiger partial charge in [0.1, 0.15) is 18.2 Å². The normalized spacial score (nSPS) is 10.6. The van der Waals surface area contributed by atoms with Gasteiger partial charge in [-0.3, -0.25) is 14.2 Å². The first-order valence-corrected chi connectivity index (χ1v) is 8.18. The molecule has 1 N–H and O–H groups in total. The molecule has 0 saturated heterocycles. The molecule has 0 aliphatic rings. The van der Waals surface area contributed by atoms with E-state index < -0.39 is 5.82 Å². The molecule has 128 valence electrons. The van der Waals surface area contributed by atoms with Crippen molar-refractivity contribution in [3.8, 4) is 11.4 Å². The number of hydrogen-bond acceptors (Lipinski definition) is 3. The van der Waals surface area contributed by atoms with Crippen molar-refractivity contribution in [2.24, 2.45) is 0 Å². The van der Waals surface area contributed by atoms with Crippen LogP contribution in [-0.4, -0.2) is 22.0 Å². The van der Waals surface area contributed by atoms with E-state index in [0.717, 1.165) is 12.8 Å². The summed E-state index contributed by atoms with van der Waals surface area (Å²) in [5.74, 6) is -0.360. The lowest BCUT2D eigenvalue weighted by atomic mass is 10.2. The molecule has 0 bridgehead atoms. The summed E-state index contributed by atoms with van der Waals surface area (Å²) in [6, 6.07) is 7.29. The van der Waals surface area contributed by atoms with Gasteiger partial charge in [-0.1, -0.05) is 32.4 Å². The topological polar surface area (TPSA) is 64.0 Å². The summed E-state index contributed by atoms with van der Waals surface area (Å²) in [7, 11) is 0. The minimum Gasteiger partial charge on any atom is -0.355 e. The molecule has 1 heterocycles. The second kappa shape index (κ2) is 8.38. The van der Waals surface area contributed by atoms with Crippen molar-refractivity contribution in [1.29, 1.82) is 0 Å². The van der Waals surface area contributed by atoms with E-state index in [9.17, 15) is 14.0 Å². The smallest absolute Gasteiger partial charge is 0.254 e. The molecular formula is C18H22FN3O2. The van der Waals surface area contributed by atoms with E-state index in [1.54, 1.807) is 12.1 Å². The Hall–Kier alpha value is -2.50. The first kappa shape index (κ1) is 17.8. The van der Waals surface area contributed by atoms with Gasteiger partial charge >= 0.3 is 0 Å². The Balaban J connectivity index is 2.39. The molecule has 24 heavy (non-hydrogen) atoms. The monoisotopic (exact) mass is 331 g/mol. The first-order valence-electron chi connectivity index (χ1n) is 8.18. The van der Waals surface area contributed by atoms with Crippen molar-refractivity contribution in [3.05, 3.63) is 52.2 Å². The number of rotatable bonds is 7. The number of nitrogens with zero attached hydrogens (tertiary/aromatic N) is 2. The van der Waals surface area contributed by atoms with Crippen molar-refractivity contribution in [2.75, 3.05) is 6.54 Å². The van der Waals surface area contributed by atoms with Crippen LogP contribution in [0.1, 0.15) is 32.4 Å². The zero-order valence-corrected chi connectivity index (χ0v) is 14.0. The highest BCUT2D eigenvalue weighted by molar-refractivity contribution is 5.76. The Morgan fingerprint density at radius 2 is 2.08 bits per heavy atom. The van der Waals surface area contributed by atoms with Crippen LogP contribution in [0.5, 0.6) is 0 Å². The highest BCUT2D eigenvalue weighted by Crippen LogP contribution is 2.17. The van der Waals surface area contributed by atoms with Crippen molar-refractivity contribution in [3.63, 3.8) is 0 Å². The number of carbonyl (C=O) groups excluding carboxylic acids is 1. The van der Waals surface area contributed by atoms with E-state index in [4.69, 9.17) is 0 Å². The number of carbonyl (C=O) groups is 1. The molecule has 0 unspecified atom stereocenters. The Morgan fingerprint density at radius 1 is 1.29 bits per heavy atom. The lowest BCUT2D eigenvalue weighted by molar-refractivity contribution is -0.121. The largest absolute Gasteiger partial charge is 0.355 e. The summed E-state index contributed by atoms with van der Waals surface area (Å²) in [5.41, 5.74) is 0.775. The second-order valence-corrected chi connectivity index (χ2v) is 5.56. The molecule has 6 heteroatoms. The number of aromatic nitrogens is 2. The molecule has 2 aromatic rings. The molecule has 1 aromatic heterocycles. The lowest BCUT2D eigenvalue weighted by Gasteiger charge is -2.13. The molecule has 0 radical (unpaired) electrons. The van der Waals surface area contributed by atoms with Gasteiger partial charge in [0.05, 0.1) is 0 Å². The average Bonchev–Trinajstić information content (AvgIpc) is 2.56. The number of aryl methyl sites for hydroxylation is 1. The van der Waals surface area contributed by atoms with Gasteiger partial charge in [-0.25, -0.2) is 9.37 Å². The van der Waals surface area contributed by atoms with E-state index in [1.165, 1.54) is 22.8 Å². The van der Waals surface area contributed by atoms with Gasteiger partial charge in [0.25, 0.3) is 5.56 Å². The number of benzene rings is 1. The molecule has 0 saturated carbocycles. The van der Waals surface area contributed by atoms with Crippen molar-refractivity contribution in [1.82, 2.24) is 14.9 Å². The number of hydrogen-bond donors (Lipinski definition) is 1. The standard InChI is InChI=1S/C18H22FN3O2/c1-3-5-9-20-16(23)12-22-17(24)11-15(4-2)21-18(22)13-7-6-8-14(19)10-13/h6-8,10-11H,3-5,9,12H2,1-2H3,(H,20,23). The van der Waals surface area contributed by atoms with Crippen LogP contribution in [0.3, 0.4) is 0 Å². The minimum absolute atomic E-state index is 0.134. The Labute approximate surface area is 140 Å². The maximum absolute atomic E-state index is 13.5. The average molecular weight is 331 g/mol. The van der Waals surface area contributed by atoms with Gasteiger partial charge in [-0.05, 0) is 25.0 Å². The quantitative estimate of drug-likeness (QED) is 0.793. The summed E-state index contributed by atoms with van der Waals surface area (Å²) in [4.78, 5) is 28.9. The Kier molecular flexibility index (Phi) is 6.23. The summed E-state index contributed by atoms with van der Waals surface area (Å²) >= 11 is 0. The predicted molar refractivity (Wildman–Crippen MR) is 91.2 cm³/mol. The summed E-state index contributed by atoms with van der Waals surface area (Å²) in [6.45, 7) is 4.36.